The van der Waals surface area contributed by atoms with E-state index in [0.717, 1.165) is 37.1 Å². The van der Waals surface area contributed by atoms with Crippen molar-refractivity contribution in [1.29, 1.82) is 0 Å². The van der Waals surface area contributed by atoms with E-state index in [1.807, 2.05) is 50.6 Å². The Morgan fingerprint density at radius 3 is 2.63 bits per heavy atom. The van der Waals surface area contributed by atoms with Crippen LogP contribution >= 0.6 is 0 Å². The Labute approximate surface area is 221 Å². The maximum atomic E-state index is 12.8. The SMILES string of the molecule is Cc1ccc(NC(=O)c2cc(C(C)(C)C)on2)cc1C#Cc1nn(C2CCN(C)CC2)c2ncnc(N)c12. The molecule has 4 aromatic rings. The maximum absolute atomic E-state index is 12.8. The minimum absolute atomic E-state index is 0.226. The number of carbonyl (C=O) groups excluding carboxylic acids is 1. The van der Waals surface area contributed by atoms with Gasteiger partial charge in [-0.3, -0.25) is 4.79 Å². The van der Waals surface area contributed by atoms with Crippen molar-refractivity contribution in [3.8, 4) is 11.8 Å². The van der Waals surface area contributed by atoms with Gasteiger partial charge in [-0.1, -0.05) is 37.9 Å². The molecule has 1 fully saturated rings. The number of aromatic nitrogens is 5. The molecule has 1 saturated heterocycles. The normalized spacial score (nSPS) is 14.9. The number of piperidine rings is 1. The summed E-state index contributed by atoms with van der Waals surface area (Å²) in [4.78, 5) is 23.8. The highest BCUT2D eigenvalue weighted by Gasteiger charge is 2.24. The van der Waals surface area contributed by atoms with Crippen molar-refractivity contribution in [3.05, 3.63) is 58.9 Å². The van der Waals surface area contributed by atoms with Gasteiger partial charge in [0.1, 0.15) is 23.6 Å². The Balaban J connectivity index is 1.43. The van der Waals surface area contributed by atoms with Crippen molar-refractivity contribution in [1.82, 2.24) is 29.8 Å². The average molecular weight is 513 g/mol. The molecule has 3 aromatic heterocycles. The summed E-state index contributed by atoms with van der Waals surface area (Å²) in [5, 5.41) is 12.3. The molecule has 0 radical (unpaired) electrons. The summed E-state index contributed by atoms with van der Waals surface area (Å²) < 4.78 is 7.31. The highest BCUT2D eigenvalue weighted by molar-refractivity contribution is 6.03. The first-order chi connectivity index (χ1) is 18.1. The van der Waals surface area contributed by atoms with Crippen molar-refractivity contribution >= 4 is 28.4 Å². The van der Waals surface area contributed by atoms with E-state index < -0.39 is 0 Å². The fraction of sp³-hybridized carbons (Fsp3) is 0.393. The maximum Gasteiger partial charge on any atom is 0.277 e. The van der Waals surface area contributed by atoms with Gasteiger partial charge in [-0.15, -0.1) is 0 Å². The number of carbonyl (C=O) groups is 1. The molecule has 0 spiro atoms. The molecule has 196 valence electrons. The lowest BCUT2D eigenvalue weighted by Gasteiger charge is -2.29. The molecule has 10 nitrogen and oxygen atoms in total. The van der Waals surface area contributed by atoms with Crippen molar-refractivity contribution in [2.75, 3.05) is 31.2 Å². The number of nitrogens with two attached hydrogens (primary N) is 1. The van der Waals surface area contributed by atoms with Crippen LogP contribution in [0.15, 0.2) is 35.1 Å². The van der Waals surface area contributed by atoms with Crippen LogP contribution in [-0.2, 0) is 5.41 Å². The molecule has 10 heteroatoms. The molecule has 0 bridgehead atoms. The zero-order chi connectivity index (χ0) is 27.0. The molecule has 3 N–H and O–H groups in total. The van der Waals surface area contributed by atoms with Gasteiger partial charge in [-0.2, -0.15) is 5.10 Å². The first kappa shape index (κ1) is 25.4. The summed E-state index contributed by atoms with van der Waals surface area (Å²) in [7, 11) is 2.13. The molecule has 0 aliphatic carbocycles. The van der Waals surface area contributed by atoms with E-state index in [9.17, 15) is 4.79 Å². The minimum Gasteiger partial charge on any atom is -0.383 e. The molecular formula is C28H32N8O2. The largest absolute Gasteiger partial charge is 0.383 e. The Kier molecular flexibility index (Phi) is 6.63. The van der Waals surface area contributed by atoms with Crippen LogP contribution in [0.4, 0.5) is 11.5 Å². The third-order valence-electron chi connectivity index (χ3n) is 6.85. The van der Waals surface area contributed by atoms with Crippen molar-refractivity contribution in [2.45, 2.75) is 52.0 Å². The quantitative estimate of drug-likeness (QED) is 0.395. The Bertz CT molecular complexity index is 1560. The van der Waals surface area contributed by atoms with Crippen LogP contribution in [0.2, 0.25) is 0 Å². The average Bonchev–Trinajstić information content (AvgIpc) is 3.52. The first-order valence-corrected chi connectivity index (χ1v) is 12.7. The summed E-state index contributed by atoms with van der Waals surface area (Å²) in [5.41, 5.74) is 9.81. The second-order valence-corrected chi connectivity index (χ2v) is 10.8. The lowest BCUT2D eigenvalue weighted by Crippen LogP contribution is -2.32. The van der Waals surface area contributed by atoms with E-state index in [-0.39, 0.29) is 23.1 Å². The molecular weight excluding hydrogens is 480 g/mol. The molecule has 1 aliphatic heterocycles. The lowest BCUT2D eigenvalue weighted by molar-refractivity contribution is 0.101. The standard InChI is InChI=1S/C28H32N8O2/c1-17-6-8-19(32-27(37)22-15-23(38-34-22)28(2,3)4)14-18(17)7-9-21-24-25(29)30-16-31-26(24)36(33-21)20-10-12-35(5)13-11-20/h6,8,14-16,20H,10-13H2,1-5H3,(H,32,37)(H2,29,30,31). The van der Waals surface area contributed by atoms with E-state index >= 15 is 0 Å². The van der Waals surface area contributed by atoms with Gasteiger partial charge in [0.25, 0.3) is 5.91 Å². The number of nitrogen functional groups attached to an aromatic ring is 1. The second kappa shape index (κ2) is 9.91. The van der Waals surface area contributed by atoms with Crippen LogP contribution in [-0.4, -0.2) is 55.8 Å². The molecule has 0 saturated carbocycles. The summed E-state index contributed by atoms with van der Waals surface area (Å²) in [6.07, 6.45) is 3.43. The van der Waals surface area contributed by atoms with Crippen LogP contribution in [0.5, 0.6) is 0 Å². The number of aryl methyl sites for hydroxylation is 1. The van der Waals surface area contributed by atoms with Crippen molar-refractivity contribution in [3.63, 3.8) is 0 Å². The molecule has 1 amide bonds. The predicted octanol–water partition coefficient (Wildman–Crippen LogP) is 3.92. The lowest BCUT2D eigenvalue weighted by atomic mass is 9.93. The molecule has 1 aliphatic rings. The third-order valence-corrected chi connectivity index (χ3v) is 6.85. The van der Waals surface area contributed by atoms with Gasteiger partial charge in [0.15, 0.2) is 11.3 Å². The summed E-state index contributed by atoms with van der Waals surface area (Å²) in [6, 6.07) is 7.48. The fourth-order valence-corrected chi connectivity index (χ4v) is 4.47. The van der Waals surface area contributed by atoms with Gasteiger partial charge in [-0.25, -0.2) is 14.6 Å². The third kappa shape index (κ3) is 5.10. The summed E-state index contributed by atoms with van der Waals surface area (Å²) in [6.45, 7) is 9.96. The summed E-state index contributed by atoms with van der Waals surface area (Å²) >= 11 is 0. The number of hydrogen-bond acceptors (Lipinski definition) is 8. The van der Waals surface area contributed by atoms with Gasteiger partial charge >= 0.3 is 0 Å². The number of benzene rings is 1. The second-order valence-electron chi connectivity index (χ2n) is 10.8. The zero-order valence-electron chi connectivity index (χ0n) is 22.4. The number of hydrogen-bond donors (Lipinski definition) is 2. The van der Waals surface area contributed by atoms with Gasteiger partial charge in [0, 0.05) is 22.7 Å². The molecule has 0 atom stereocenters. The summed E-state index contributed by atoms with van der Waals surface area (Å²) in [5.74, 6) is 7.07. The van der Waals surface area contributed by atoms with Gasteiger partial charge in [0.2, 0.25) is 0 Å². The van der Waals surface area contributed by atoms with Crippen LogP contribution in [0.3, 0.4) is 0 Å². The highest BCUT2D eigenvalue weighted by atomic mass is 16.5. The monoisotopic (exact) mass is 512 g/mol. The molecule has 1 aromatic carbocycles. The number of anilines is 2. The zero-order valence-corrected chi connectivity index (χ0v) is 22.4. The number of likely N-dealkylation sites (tertiary alicyclic amines) is 1. The Hall–Kier alpha value is -4.23. The van der Waals surface area contributed by atoms with E-state index in [1.165, 1.54) is 6.33 Å². The van der Waals surface area contributed by atoms with Gasteiger partial charge in [-0.05, 0) is 63.5 Å². The van der Waals surface area contributed by atoms with Gasteiger partial charge in [0.05, 0.1) is 11.4 Å². The molecule has 38 heavy (non-hydrogen) atoms. The number of amides is 1. The van der Waals surface area contributed by atoms with Crippen LogP contribution < -0.4 is 11.1 Å². The van der Waals surface area contributed by atoms with Crippen molar-refractivity contribution < 1.29 is 9.32 Å². The number of nitrogens with zero attached hydrogens (tertiary/aromatic N) is 6. The molecule has 4 heterocycles. The number of rotatable bonds is 3. The predicted molar refractivity (Wildman–Crippen MR) is 146 cm³/mol. The first-order valence-electron chi connectivity index (χ1n) is 12.7. The van der Waals surface area contributed by atoms with E-state index in [1.54, 1.807) is 6.07 Å². The topological polar surface area (TPSA) is 128 Å². The fourth-order valence-electron chi connectivity index (χ4n) is 4.47. The number of nitrogens with one attached hydrogen (secondary N) is 1. The Morgan fingerprint density at radius 1 is 1.16 bits per heavy atom. The highest BCUT2D eigenvalue weighted by Crippen LogP contribution is 2.29. The smallest absolute Gasteiger partial charge is 0.277 e. The number of fused-ring (bicyclic) bond motifs is 1. The Morgan fingerprint density at radius 2 is 1.92 bits per heavy atom. The van der Waals surface area contributed by atoms with Gasteiger partial charge < -0.3 is 20.5 Å². The van der Waals surface area contributed by atoms with Crippen molar-refractivity contribution in [2.24, 2.45) is 0 Å². The minimum atomic E-state index is -0.347. The van der Waals surface area contributed by atoms with E-state index in [0.29, 0.717) is 34.0 Å². The van der Waals surface area contributed by atoms with E-state index in [4.69, 9.17) is 15.4 Å². The van der Waals surface area contributed by atoms with Crippen LogP contribution in [0.1, 0.15) is 72.7 Å². The van der Waals surface area contributed by atoms with E-state index in [2.05, 4.69) is 44.2 Å². The van der Waals surface area contributed by atoms with Crippen LogP contribution in [0, 0.1) is 18.8 Å². The molecule has 0 unspecified atom stereocenters. The molecule has 5 rings (SSSR count). The van der Waals surface area contributed by atoms with Crippen LogP contribution in [0.25, 0.3) is 11.0 Å².